The molecule has 0 aliphatic carbocycles. The van der Waals surface area contributed by atoms with Gasteiger partial charge in [0, 0.05) is 6.07 Å². The van der Waals surface area contributed by atoms with E-state index < -0.39 is 8.32 Å². The molecule has 0 amide bonds. The van der Waals surface area contributed by atoms with Gasteiger partial charge >= 0.3 is 0 Å². The summed E-state index contributed by atoms with van der Waals surface area (Å²) in [6.45, 7) is 11.3. The molecule has 2 aromatic rings. The lowest BCUT2D eigenvalue weighted by Crippen LogP contribution is -2.43. The minimum absolute atomic E-state index is 0.191. The summed E-state index contributed by atoms with van der Waals surface area (Å²) in [5, 5.41) is 0.191. The smallest absolute Gasteiger partial charge is 0.250 e. The summed E-state index contributed by atoms with van der Waals surface area (Å²) in [5.41, 5.74) is 2.15. The van der Waals surface area contributed by atoms with Crippen molar-refractivity contribution in [1.82, 2.24) is 0 Å². The van der Waals surface area contributed by atoms with Gasteiger partial charge in [-0.3, -0.25) is 0 Å². The average molecular weight is 371 g/mol. The Balaban J connectivity index is 2.13. The van der Waals surface area contributed by atoms with Crippen molar-refractivity contribution < 1.29 is 13.9 Å². The normalized spacial score (nSPS) is 12.3. The zero-order valence-corrected chi connectivity index (χ0v) is 17.9. The Morgan fingerprint density at radius 3 is 1.69 bits per heavy atom. The van der Waals surface area contributed by atoms with Crippen molar-refractivity contribution in [2.45, 2.75) is 38.9 Å². The molecule has 0 radical (unpaired) electrons. The molecule has 4 heteroatoms. The summed E-state index contributed by atoms with van der Waals surface area (Å²) in [6.07, 6.45) is 4.12. The van der Waals surface area contributed by atoms with E-state index in [-0.39, 0.29) is 5.04 Å². The van der Waals surface area contributed by atoms with E-state index in [1.54, 1.807) is 14.2 Å². The zero-order valence-electron chi connectivity index (χ0n) is 16.9. The van der Waals surface area contributed by atoms with E-state index in [1.807, 2.05) is 30.3 Å². The van der Waals surface area contributed by atoms with Crippen LogP contribution in [0.2, 0.25) is 18.1 Å². The van der Waals surface area contributed by atoms with Gasteiger partial charge in [0.15, 0.2) is 0 Å². The van der Waals surface area contributed by atoms with Crippen LogP contribution >= 0.6 is 0 Å². The van der Waals surface area contributed by atoms with Gasteiger partial charge in [-0.15, -0.1) is 0 Å². The van der Waals surface area contributed by atoms with Crippen LogP contribution in [0, 0.1) is 0 Å². The van der Waals surface area contributed by atoms with Crippen molar-refractivity contribution in [2.75, 3.05) is 14.2 Å². The molecule has 2 aromatic carbocycles. The molecule has 0 saturated heterocycles. The van der Waals surface area contributed by atoms with Crippen LogP contribution in [0.1, 0.15) is 31.9 Å². The fourth-order valence-corrected chi connectivity index (χ4v) is 3.24. The van der Waals surface area contributed by atoms with E-state index in [4.69, 9.17) is 13.9 Å². The molecule has 0 unspecified atom stereocenters. The molecule has 26 heavy (non-hydrogen) atoms. The Bertz CT molecular complexity index is 734. The molecule has 0 aromatic heterocycles. The van der Waals surface area contributed by atoms with Gasteiger partial charge in [-0.05, 0) is 53.5 Å². The molecule has 140 valence electrons. The zero-order chi connectivity index (χ0) is 19.4. The van der Waals surface area contributed by atoms with E-state index >= 15 is 0 Å². The van der Waals surface area contributed by atoms with Crippen LogP contribution in [0.3, 0.4) is 0 Å². The van der Waals surface area contributed by atoms with Crippen molar-refractivity contribution in [3.8, 4) is 17.2 Å². The summed E-state index contributed by atoms with van der Waals surface area (Å²) in [7, 11) is 1.51. The van der Waals surface area contributed by atoms with Crippen LogP contribution < -0.4 is 13.9 Å². The van der Waals surface area contributed by atoms with Crippen LogP contribution in [0.25, 0.3) is 12.2 Å². The molecule has 0 saturated carbocycles. The Morgan fingerprint density at radius 1 is 0.731 bits per heavy atom. The largest absolute Gasteiger partial charge is 0.544 e. The van der Waals surface area contributed by atoms with Gasteiger partial charge in [0.05, 0.1) is 14.2 Å². The van der Waals surface area contributed by atoms with Gasteiger partial charge in [-0.2, -0.15) is 0 Å². The second kappa shape index (κ2) is 8.00. The number of methoxy groups -OCH3 is 2. The maximum Gasteiger partial charge on any atom is 0.250 e. The fraction of sp³-hybridized carbons (Fsp3) is 0.364. The van der Waals surface area contributed by atoms with E-state index in [0.29, 0.717) is 0 Å². The quantitative estimate of drug-likeness (QED) is 0.444. The third-order valence-electron chi connectivity index (χ3n) is 4.90. The van der Waals surface area contributed by atoms with E-state index in [1.165, 1.54) is 0 Å². The highest BCUT2D eigenvalue weighted by atomic mass is 28.4. The van der Waals surface area contributed by atoms with Gasteiger partial charge in [-0.1, -0.05) is 45.1 Å². The maximum absolute atomic E-state index is 6.33. The first-order valence-electron chi connectivity index (χ1n) is 8.85. The molecular weight excluding hydrogens is 340 g/mol. The van der Waals surface area contributed by atoms with Gasteiger partial charge < -0.3 is 13.9 Å². The van der Waals surface area contributed by atoms with E-state index in [9.17, 15) is 0 Å². The second-order valence-electron chi connectivity index (χ2n) is 7.91. The van der Waals surface area contributed by atoms with Crippen molar-refractivity contribution in [1.29, 1.82) is 0 Å². The molecule has 0 N–H and O–H groups in total. The van der Waals surface area contributed by atoms with Crippen LogP contribution in [0.4, 0.5) is 0 Å². The van der Waals surface area contributed by atoms with Crippen LogP contribution in [-0.2, 0) is 0 Å². The van der Waals surface area contributed by atoms with Crippen molar-refractivity contribution >= 4 is 20.5 Å². The lowest BCUT2D eigenvalue weighted by atomic mass is 10.1. The number of hydrogen-bond donors (Lipinski definition) is 0. The molecule has 0 aliphatic heterocycles. The molecule has 0 heterocycles. The van der Waals surface area contributed by atoms with Gasteiger partial charge in [0.2, 0.25) is 8.32 Å². The number of rotatable bonds is 6. The third kappa shape index (κ3) is 5.15. The molecule has 0 bridgehead atoms. The Morgan fingerprint density at radius 2 is 1.23 bits per heavy atom. The summed E-state index contributed by atoms with van der Waals surface area (Å²) >= 11 is 0. The number of ether oxygens (including phenoxy) is 2. The lowest BCUT2D eigenvalue weighted by molar-refractivity contribution is 0.394. The van der Waals surface area contributed by atoms with Crippen LogP contribution in [-0.4, -0.2) is 22.5 Å². The Hall–Kier alpha value is -2.20. The summed E-state index contributed by atoms with van der Waals surface area (Å²) in [5.74, 6) is 2.50. The minimum atomic E-state index is -1.80. The first kappa shape index (κ1) is 20.1. The topological polar surface area (TPSA) is 27.7 Å². The van der Waals surface area contributed by atoms with Gasteiger partial charge in [0.25, 0.3) is 0 Å². The molecule has 0 atom stereocenters. The van der Waals surface area contributed by atoms with Crippen LogP contribution in [0.5, 0.6) is 17.2 Å². The number of benzene rings is 2. The van der Waals surface area contributed by atoms with E-state index in [0.717, 1.165) is 28.4 Å². The van der Waals surface area contributed by atoms with Gasteiger partial charge in [0.1, 0.15) is 17.2 Å². The molecule has 0 aliphatic rings. The third-order valence-corrected chi connectivity index (χ3v) is 9.26. The molecule has 2 rings (SSSR count). The van der Waals surface area contributed by atoms with Crippen molar-refractivity contribution in [3.63, 3.8) is 0 Å². The predicted octanol–water partition coefficient (Wildman–Crippen LogP) is 6.26. The van der Waals surface area contributed by atoms with Crippen LogP contribution in [0.15, 0.2) is 42.5 Å². The predicted molar refractivity (Wildman–Crippen MR) is 113 cm³/mol. The monoisotopic (exact) mass is 370 g/mol. The molecule has 0 fully saturated rings. The standard InChI is InChI=1S/C22H30O3Si/c1-22(2,3)26(6,7)25-19-12-10-17(11-13-19)8-9-18-14-20(23-4)16-21(15-18)24-5/h8-16H,1-7H3. The Labute approximate surface area is 158 Å². The maximum atomic E-state index is 6.33. The van der Waals surface area contributed by atoms with E-state index in [2.05, 4.69) is 58.2 Å². The highest BCUT2D eigenvalue weighted by Crippen LogP contribution is 2.37. The average Bonchev–Trinajstić information content (AvgIpc) is 2.59. The Kier molecular flexibility index (Phi) is 6.19. The first-order chi connectivity index (χ1) is 12.1. The molecular formula is C22H30O3Si. The van der Waals surface area contributed by atoms with Crippen molar-refractivity contribution in [3.05, 3.63) is 53.6 Å². The second-order valence-corrected chi connectivity index (χ2v) is 12.6. The lowest BCUT2D eigenvalue weighted by Gasteiger charge is -2.36. The molecule has 0 spiro atoms. The molecule has 3 nitrogen and oxygen atoms in total. The first-order valence-corrected chi connectivity index (χ1v) is 11.8. The summed E-state index contributed by atoms with van der Waals surface area (Å²) < 4.78 is 17.0. The van der Waals surface area contributed by atoms with Gasteiger partial charge in [-0.25, -0.2) is 0 Å². The summed E-state index contributed by atoms with van der Waals surface area (Å²) in [4.78, 5) is 0. The number of hydrogen-bond acceptors (Lipinski definition) is 3. The highest BCUT2D eigenvalue weighted by Gasteiger charge is 2.38. The van der Waals surface area contributed by atoms with Crippen molar-refractivity contribution in [2.24, 2.45) is 0 Å². The summed E-state index contributed by atoms with van der Waals surface area (Å²) in [6, 6.07) is 14.1. The minimum Gasteiger partial charge on any atom is -0.544 e. The highest BCUT2D eigenvalue weighted by molar-refractivity contribution is 6.74. The SMILES string of the molecule is COc1cc(C=Cc2ccc(O[Si](C)(C)C(C)(C)C)cc2)cc(OC)c1. The fourth-order valence-electron chi connectivity index (χ4n) is 2.21.